The Bertz CT molecular complexity index is 844. The van der Waals surface area contributed by atoms with E-state index in [0.29, 0.717) is 0 Å². The Morgan fingerprint density at radius 3 is 2.19 bits per heavy atom. The highest BCUT2D eigenvalue weighted by Crippen LogP contribution is 2.23. The second-order valence-corrected chi connectivity index (χ2v) is 6.53. The third-order valence-corrected chi connectivity index (χ3v) is 4.16. The van der Waals surface area contributed by atoms with Crippen molar-refractivity contribution in [1.29, 1.82) is 0 Å². The van der Waals surface area contributed by atoms with Crippen molar-refractivity contribution in [1.82, 2.24) is 9.97 Å². The van der Waals surface area contributed by atoms with E-state index in [4.69, 9.17) is 0 Å². The fourth-order valence-electron chi connectivity index (χ4n) is 2.74. The molecule has 3 rings (SSSR count). The number of rotatable bonds is 6. The molecular weight excluding hydrogens is 322 g/mol. The molecule has 2 N–H and O–H groups in total. The Kier molecular flexibility index (Phi) is 5.37. The van der Waals surface area contributed by atoms with E-state index < -0.39 is 0 Å². The Morgan fingerprint density at radius 2 is 1.54 bits per heavy atom. The van der Waals surface area contributed by atoms with E-state index in [0.717, 1.165) is 28.8 Å². The van der Waals surface area contributed by atoms with Gasteiger partial charge in [-0.2, -0.15) is 0 Å². The molecule has 0 aliphatic rings. The highest BCUT2D eigenvalue weighted by atomic mass is 15.1. The summed E-state index contributed by atoms with van der Waals surface area (Å²) in [4.78, 5) is 11.1. The van der Waals surface area contributed by atoms with E-state index in [9.17, 15) is 0 Å². The summed E-state index contributed by atoms with van der Waals surface area (Å²) in [7, 11) is 4.06. The smallest absolute Gasteiger partial charge is 0.136 e. The van der Waals surface area contributed by atoms with Gasteiger partial charge in [0.15, 0.2) is 0 Å². The molecule has 26 heavy (non-hydrogen) atoms. The summed E-state index contributed by atoms with van der Waals surface area (Å²) in [6, 6.07) is 20.7. The second-order valence-electron chi connectivity index (χ2n) is 6.53. The summed E-state index contributed by atoms with van der Waals surface area (Å²) in [6.07, 6.45) is 0. The zero-order valence-corrected chi connectivity index (χ0v) is 15.7. The number of hydrogen-bond donors (Lipinski definition) is 2. The largest absolute Gasteiger partial charge is 0.378 e. The fraction of sp³-hybridized carbons (Fsp3) is 0.238. The van der Waals surface area contributed by atoms with Crippen LogP contribution in [0.15, 0.2) is 60.7 Å². The van der Waals surface area contributed by atoms with Crippen molar-refractivity contribution in [2.75, 3.05) is 29.6 Å². The van der Waals surface area contributed by atoms with Gasteiger partial charge in [-0.15, -0.1) is 0 Å². The van der Waals surface area contributed by atoms with Crippen molar-refractivity contribution in [3.63, 3.8) is 0 Å². The molecule has 0 amide bonds. The first-order valence-corrected chi connectivity index (χ1v) is 8.73. The van der Waals surface area contributed by atoms with Crippen LogP contribution >= 0.6 is 0 Å². The monoisotopic (exact) mass is 347 g/mol. The maximum atomic E-state index is 4.51. The van der Waals surface area contributed by atoms with Gasteiger partial charge in [-0.25, -0.2) is 9.97 Å². The van der Waals surface area contributed by atoms with Crippen molar-refractivity contribution in [2.45, 2.75) is 19.9 Å². The average molecular weight is 347 g/mol. The van der Waals surface area contributed by atoms with Crippen LogP contribution in [0.3, 0.4) is 0 Å². The summed E-state index contributed by atoms with van der Waals surface area (Å²) >= 11 is 0. The maximum Gasteiger partial charge on any atom is 0.136 e. The predicted molar refractivity (Wildman–Crippen MR) is 109 cm³/mol. The van der Waals surface area contributed by atoms with Gasteiger partial charge in [0.25, 0.3) is 0 Å². The molecule has 0 saturated carbocycles. The molecule has 0 aliphatic carbocycles. The first kappa shape index (κ1) is 17.7. The third-order valence-electron chi connectivity index (χ3n) is 4.16. The molecule has 134 valence electrons. The van der Waals surface area contributed by atoms with E-state index in [2.05, 4.69) is 56.7 Å². The number of aromatic nitrogens is 2. The van der Waals surface area contributed by atoms with Gasteiger partial charge in [0.1, 0.15) is 17.5 Å². The summed E-state index contributed by atoms with van der Waals surface area (Å²) in [5, 5.41) is 6.81. The number of hydrogen-bond acceptors (Lipinski definition) is 5. The van der Waals surface area contributed by atoms with Crippen LogP contribution in [0.25, 0.3) is 0 Å². The molecule has 5 nitrogen and oxygen atoms in total. The van der Waals surface area contributed by atoms with Crippen LogP contribution in [-0.4, -0.2) is 24.1 Å². The lowest BCUT2D eigenvalue weighted by Gasteiger charge is -2.16. The van der Waals surface area contributed by atoms with Gasteiger partial charge in [-0.3, -0.25) is 0 Å². The van der Waals surface area contributed by atoms with E-state index in [1.54, 1.807) is 0 Å². The Hall–Kier alpha value is -3.08. The Labute approximate surface area is 155 Å². The first-order valence-electron chi connectivity index (χ1n) is 8.73. The van der Waals surface area contributed by atoms with Gasteiger partial charge in [0.2, 0.25) is 0 Å². The summed E-state index contributed by atoms with van der Waals surface area (Å²) < 4.78 is 0. The van der Waals surface area contributed by atoms with Crippen LogP contribution in [0.4, 0.5) is 23.0 Å². The Balaban J connectivity index is 1.75. The van der Waals surface area contributed by atoms with E-state index in [1.807, 2.05) is 57.4 Å². The number of nitrogens with one attached hydrogen (secondary N) is 2. The second kappa shape index (κ2) is 7.87. The number of nitrogens with zero attached hydrogens (tertiary/aromatic N) is 3. The zero-order chi connectivity index (χ0) is 18.5. The number of benzene rings is 2. The highest BCUT2D eigenvalue weighted by Gasteiger charge is 2.08. The highest BCUT2D eigenvalue weighted by molar-refractivity contribution is 5.62. The minimum Gasteiger partial charge on any atom is -0.378 e. The van der Waals surface area contributed by atoms with Crippen molar-refractivity contribution >= 4 is 23.0 Å². The molecule has 3 aromatic rings. The lowest BCUT2D eigenvalue weighted by molar-refractivity contribution is 0.867. The quantitative estimate of drug-likeness (QED) is 0.673. The molecule has 1 heterocycles. The van der Waals surface area contributed by atoms with Gasteiger partial charge < -0.3 is 15.5 Å². The van der Waals surface area contributed by atoms with Crippen molar-refractivity contribution in [2.24, 2.45) is 0 Å². The zero-order valence-electron chi connectivity index (χ0n) is 15.7. The van der Waals surface area contributed by atoms with Crippen LogP contribution < -0.4 is 15.5 Å². The molecule has 0 spiro atoms. The van der Waals surface area contributed by atoms with Crippen LogP contribution in [0, 0.1) is 6.92 Å². The third kappa shape index (κ3) is 4.51. The SMILES string of the molecule is Cc1nc(Nc2ccc(N(C)C)cc2)cc(NC(C)c2ccccc2)n1. The van der Waals surface area contributed by atoms with Gasteiger partial charge in [0, 0.05) is 37.6 Å². The normalized spacial score (nSPS) is 11.7. The summed E-state index contributed by atoms with van der Waals surface area (Å²) in [5.41, 5.74) is 3.38. The molecule has 0 fully saturated rings. The molecule has 1 aromatic heterocycles. The maximum absolute atomic E-state index is 4.51. The van der Waals surface area contributed by atoms with Crippen LogP contribution in [-0.2, 0) is 0 Å². The van der Waals surface area contributed by atoms with E-state index >= 15 is 0 Å². The van der Waals surface area contributed by atoms with E-state index in [1.165, 1.54) is 5.56 Å². The fourth-order valence-corrected chi connectivity index (χ4v) is 2.74. The average Bonchev–Trinajstić information content (AvgIpc) is 2.62. The summed E-state index contributed by atoms with van der Waals surface area (Å²) in [6.45, 7) is 4.03. The van der Waals surface area contributed by atoms with Crippen LogP contribution in [0.1, 0.15) is 24.4 Å². The molecular formula is C21H25N5. The van der Waals surface area contributed by atoms with E-state index in [-0.39, 0.29) is 6.04 Å². The first-order chi connectivity index (χ1) is 12.5. The minimum atomic E-state index is 0.165. The predicted octanol–water partition coefficient (Wildman–Crippen LogP) is 4.77. The number of aryl methyl sites for hydroxylation is 1. The molecule has 0 saturated heterocycles. The molecule has 0 radical (unpaired) electrons. The number of anilines is 4. The standard InChI is InChI=1S/C21H25N5/c1-15(17-8-6-5-7-9-17)22-20-14-21(24-16(2)23-20)25-18-10-12-19(13-11-18)26(3)4/h5-15H,1-4H3,(H2,22,23,24,25). The molecule has 2 aromatic carbocycles. The topological polar surface area (TPSA) is 53.1 Å². The Morgan fingerprint density at radius 1 is 0.885 bits per heavy atom. The van der Waals surface area contributed by atoms with Crippen molar-refractivity contribution in [3.8, 4) is 0 Å². The minimum absolute atomic E-state index is 0.165. The van der Waals surface area contributed by atoms with Crippen molar-refractivity contribution < 1.29 is 0 Å². The van der Waals surface area contributed by atoms with Gasteiger partial charge >= 0.3 is 0 Å². The van der Waals surface area contributed by atoms with Gasteiger partial charge in [0.05, 0.1) is 0 Å². The van der Waals surface area contributed by atoms with Gasteiger partial charge in [-0.1, -0.05) is 30.3 Å². The van der Waals surface area contributed by atoms with Crippen LogP contribution in [0.2, 0.25) is 0 Å². The van der Waals surface area contributed by atoms with Crippen molar-refractivity contribution in [3.05, 3.63) is 72.1 Å². The van der Waals surface area contributed by atoms with Crippen LogP contribution in [0.5, 0.6) is 0 Å². The summed E-state index contributed by atoms with van der Waals surface area (Å²) in [5.74, 6) is 2.31. The molecule has 1 unspecified atom stereocenters. The molecule has 0 aliphatic heterocycles. The molecule has 0 bridgehead atoms. The van der Waals surface area contributed by atoms with Gasteiger partial charge in [-0.05, 0) is 43.7 Å². The lowest BCUT2D eigenvalue weighted by atomic mass is 10.1. The molecule has 5 heteroatoms. The lowest BCUT2D eigenvalue weighted by Crippen LogP contribution is -2.10. The molecule has 1 atom stereocenters.